The fourth-order valence-electron chi connectivity index (χ4n) is 0.989. The molecule has 0 unspecified atom stereocenters. The van der Waals surface area contributed by atoms with Crippen LogP contribution < -0.4 is 0 Å². The minimum atomic E-state index is -0.499. The van der Waals surface area contributed by atoms with Gasteiger partial charge in [0.25, 0.3) is 0 Å². The Kier molecular flexibility index (Phi) is 2.88. The predicted molar refractivity (Wildman–Crippen MR) is 50.9 cm³/mol. The van der Waals surface area contributed by atoms with Crippen molar-refractivity contribution in [1.29, 1.82) is 0 Å². The number of esters is 1. The summed E-state index contributed by atoms with van der Waals surface area (Å²) >= 11 is 0. The molecule has 1 aromatic heterocycles. The highest BCUT2D eigenvalue weighted by Gasteiger charge is 2.22. The van der Waals surface area contributed by atoms with Crippen molar-refractivity contribution in [3.63, 3.8) is 0 Å². The third-order valence-electron chi connectivity index (χ3n) is 1.55. The molecule has 0 atom stereocenters. The summed E-state index contributed by atoms with van der Waals surface area (Å²) < 4.78 is 5.16. The van der Waals surface area contributed by atoms with Crippen LogP contribution in [0.4, 0.5) is 0 Å². The molecule has 78 valence electrons. The van der Waals surface area contributed by atoms with Crippen LogP contribution in [0.2, 0.25) is 0 Å². The topological polar surface area (TPSA) is 67.9 Å². The van der Waals surface area contributed by atoms with Crippen LogP contribution in [0.3, 0.4) is 0 Å². The number of carbonyl (C=O) groups is 1. The van der Waals surface area contributed by atoms with Crippen molar-refractivity contribution in [3.8, 4) is 0 Å². The summed E-state index contributed by atoms with van der Waals surface area (Å²) in [5, 5.41) is 10.0. The van der Waals surface area contributed by atoms with Gasteiger partial charge in [0, 0.05) is 0 Å². The van der Waals surface area contributed by atoms with Gasteiger partial charge in [0.2, 0.25) is 0 Å². The summed E-state index contributed by atoms with van der Waals surface area (Å²) in [5.74, 6) is -0.428. The van der Waals surface area contributed by atoms with Crippen LogP contribution in [0.1, 0.15) is 43.9 Å². The van der Waals surface area contributed by atoms with E-state index in [0.717, 1.165) is 0 Å². The Hall–Kier alpha value is -1.39. The molecule has 5 nitrogen and oxygen atoms in total. The van der Waals surface area contributed by atoms with Crippen molar-refractivity contribution in [2.45, 2.75) is 39.7 Å². The lowest BCUT2D eigenvalue weighted by molar-refractivity contribution is 0.00616. The maximum atomic E-state index is 11.6. The van der Waals surface area contributed by atoms with Gasteiger partial charge in [0.1, 0.15) is 5.60 Å². The van der Waals surface area contributed by atoms with E-state index in [-0.39, 0.29) is 5.69 Å². The highest BCUT2D eigenvalue weighted by molar-refractivity contribution is 5.88. The number of carbonyl (C=O) groups excluding carboxylic acids is 1. The van der Waals surface area contributed by atoms with Gasteiger partial charge in [-0.1, -0.05) is 6.92 Å². The number of H-pyrrole nitrogens is 1. The maximum absolute atomic E-state index is 11.6. The standard InChI is InChI=1S/C9H15N3O2/c1-5-6-7(11-12-10-6)8(13)14-9(2,3)4/h5H2,1-4H3,(H,10,11,12). The molecule has 0 aromatic carbocycles. The minimum absolute atomic E-state index is 0.280. The molecule has 1 rings (SSSR count). The molecule has 0 aliphatic carbocycles. The zero-order valence-corrected chi connectivity index (χ0v) is 8.92. The van der Waals surface area contributed by atoms with Crippen molar-refractivity contribution in [2.24, 2.45) is 0 Å². The van der Waals surface area contributed by atoms with Gasteiger partial charge in [-0.2, -0.15) is 10.3 Å². The summed E-state index contributed by atoms with van der Waals surface area (Å²) in [6, 6.07) is 0. The Morgan fingerprint density at radius 1 is 1.43 bits per heavy atom. The fraction of sp³-hybridized carbons (Fsp3) is 0.667. The average molecular weight is 197 g/mol. The molecule has 0 aliphatic rings. The zero-order valence-electron chi connectivity index (χ0n) is 8.92. The first kappa shape index (κ1) is 10.7. The highest BCUT2D eigenvalue weighted by atomic mass is 16.6. The van der Waals surface area contributed by atoms with Crippen LogP contribution in [0.5, 0.6) is 0 Å². The SMILES string of the molecule is CCc1n[nH]nc1C(=O)OC(C)(C)C. The summed E-state index contributed by atoms with van der Waals surface area (Å²) in [7, 11) is 0. The first-order valence-electron chi connectivity index (χ1n) is 4.57. The third kappa shape index (κ3) is 2.55. The van der Waals surface area contributed by atoms with E-state index in [1.54, 1.807) is 0 Å². The summed E-state index contributed by atoms with van der Waals surface area (Å²) in [5.41, 5.74) is 0.419. The predicted octanol–water partition coefficient (Wildman–Crippen LogP) is 1.32. The molecule has 1 aromatic rings. The molecule has 5 heteroatoms. The van der Waals surface area contributed by atoms with E-state index in [1.165, 1.54) is 0 Å². The lowest BCUT2D eigenvalue weighted by atomic mass is 10.2. The Balaban J connectivity index is 2.80. The first-order chi connectivity index (χ1) is 6.44. The summed E-state index contributed by atoms with van der Waals surface area (Å²) in [4.78, 5) is 11.6. The molecule has 0 bridgehead atoms. The molecular formula is C9H15N3O2. The van der Waals surface area contributed by atoms with Crippen molar-refractivity contribution >= 4 is 5.97 Å². The first-order valence-corrected chi connectivity index (χ1v) is 4.57. The van der Waals surface area contributed by atoms with Crippen LogP contribution in [0.15, 0.2) is 0 Å². The van der Waals surface area contributed by atoms with Gasteiger partial charge in [0.15, 0.2) is 5.69 Å². The number of aromatic amines is 1. The molecule has 0 aliphatic heterocycles. The minimum Gasteiger partial charge on any atom is -0.455 e. The Morgan fingerprint density at radius 2 is 2.07 bits per heavy atom. The molecule has 0 radical (unpaired) electrons. The van der Waals surface area contributed by atoms with E-state index in [1.807, 2.05) is 27.7 Å². The van der Waals surface area contributed by atoms with Gasteiger partial charge in [-0.05, 0) is 27.2 Å². The molecule has 1 N–H and O–H groups in total. The monoisotopic (exact) mass is 197 g/mol. The Labute approximate surface area is 82.8 Å². The quantitative estimate of drug-likeness (QED) is 0.726. The smallest absolute Gasteiger partial charge is 0.361 e. The number of rotatable bonds is 2. The summed E-state index contributed by atoms with van der Waals surface area (Å²) in [6.07, 6.45) is 0.658. The Bertz CT molecular complexity index is 325. The van der Waals surface area contributed by atoms with Gasteiger partial charge in [0.05, 0.1) is 5.69 Å². The van der Waals surface area contributed by atoms with Gasteiger partial charge < -0.3 is 4.74 Å². The number of aryl methyl sites for hydroxylation is 1. The number of nitrogens with zero attached hydrogens (tertiary/aromatic N) is 2. The van der Waals surface area contributed by atoms with Crippen LogP contribution in [-0.4, -0.2) is 27.0 Å². The van der Waals surface area contributed by atoms with E-state index < -0.39 is 11.6 Å². The largest absolute Gasteiger partial charge is 0.455 e. The molecule has 0 saturated carbocycles. The third-order valence-corrected chi connectivity index (χ3v) is 1.55. The molecular weight excluding hydrogens is 182 g/mol. The van der Waals surface area contributed by atoms with Crippen molar-refractivity contribution < 1.29 is 9.53 Å². The van der Waals surface area contributed by atoms with Crippen molar-refractivity contribution in [3.05, 3.63) is 11.4 Å². The van der Waals surface area contributed by atoms with Gasteiger partial charge in [-0.25, -0.2) is 4.79 Å². The second-order valence-corrected chi connectivity index (χ2v) is 3.97. The van der Waals surface area contributed by atoms with E-state index in [4.69, 9.17) is 4.74 Å². The van der Waals surface area contributed by atoms with E-state index >= 15 is 0 Å². The zero-order chi connectivity index (χ0) is 10.8. The van der Waals surface area contributed by atoms with Crippen molar-refractivity contribution in [1.82, 2.24) is 15.4 Å². The van der Waals surface area contributed by atoms with Crippen LogP contribution in [-0.2, 0) is 11.2 Å². The van der Waals surface area contributed by atoms with Crippen LogP contribution in [0, 0.1) is 0 Å². The van der Waals surface area contributed by atoms with Gasteiger partial charge in [-0.3, -0.25) is 0 Å². The number of nitrogens with one attached hydrogen (secondary N) is 1. The Morgan fingerprint density at radius 3 is 2.57 bits per heavy atom. The van der Waals surface area contributed by atoms with Gasteiger partial charge >= 0.3 is 5.97 Å². The van der Waals surface area contributed by atoms with Crippen LogP contribution >= 0.6 is 0 Å². The van der Waals surface area contributed by atoms with E-state index in [9.17, 15) is 4.79 Å². The van der Waals surface area contributed by atoms with E-state index in [2.05, 4.69) is 15.4 Å². The molecule has 0 saturated heterocycles. The van der Waals surface area contributed by atoms with Crippen LogP contribution in [0.25, 0.3) is 0 Å². The average Bonchev–Trinajstić information content (AvgIpc) is 2.47. The normalized spacial score (nSPS) is 11.4. The number of hydrogen-bond donors (Lipinski definition) is 1. The lowest BCUT2D eigenvalue weighted by Gasteiger charge is -2.18. The molecule has 0 spiro atoms. The maximum Gasteiger partial charge on any atom is 0.361 e. The number of hydrogen-bond acceptors (Lipinski definition) is 4. The fourth-order valence-corrected chi connectivity index (χ4v) is 0.989. The summed E-state index contributed by atoms with van der Waals surface area (Å²) in [6.45, 7) is 7.36. The number of aromatic nitrogens is 3. The number of ether oxygens (including phenoxy) is 1. The second kappa shape index (κ2) is 3.77. The van der Waals surface area contributed by atoms with Gasteiger partial charge in [-0.15, -0.1) is 5.10 Å². The highest BCUT2D eigenvalue weighted by Crippen LogP contribution is 2.12. The lowest BCUT2D eigenvalue weighted by Crippen LogP contribution is -2.24. The molecule has 14 heavy (non-hydrogen) atoms. The van der Waals surface area contributed by atoms with E-state index in [0.29, 0.717) is 12.1 Å². The molecule has 0 amide bonds. The van der Waals surface area contributed by atoms with Crippen molar-refractivity contribution in [2.75, 3.05) is 0 Å². The second-order valence-electron chi connectivity index (χ2n) is 3.97. The molecule has 0 fully saturated rings. The molecule has 1 heterocycles.